The highest BCUT2D eigenvalue weighted by atomic mass is 35.5. The van der Waals surface area contributed by atoms with Crippen molar-refractivity contribution in [2.24, 2.45) is 0 Å². The highest BCUT2D eigenvalue weighted by Gasteiger charge is 2.11. The van der Waals surface area contributed by atoms with Gasteiger partial charge in [0.2, 0.25) is 11.8 Å². The molecule has 6 rings (SSSR count). The van der Waals surface area contributed by atoms with Gasteiger partial charge in [0.25, 0.3) is 0 Å². The van der Waals surface area contributed by atoms with E-state index in [9.17, 15) is 19.8 Å². The first-order chi connectivity index (χ1) is 23.5. The Morgan fingerprint density at radius 3 is 1.98 bits per heavy atom. The van der Waals surface area contributed by atoms with Gasteiger partial charge in [0.15, 0.2) is 36.9 Å². The van der Waals surface area contributed by atoms with E-state index in [0.717, 1.165) is 34.7 Å². The van der Waals surface area contributed by atoms with E-state index in [1.165, 1.54) is 49.5 Å². The van der Waals surface area contributed by atoms with Crippen molar-refractivity contribution in [3.8, 4) is 23.0 Å². The Morgan fingerprint density at radius 2 is 1.41 bits per heavy atom. The van der Waals surface area contributed by atoms with E-state index in [1.54, 1.807) is 35.6 Å². The Hall–Kier alpha value is -4.48. The second-order valence-electron chi connectivity index (χ2n) is 9.86. The zero-order valence-electron chi connectivity index (χ0n) is 26.6. The normalized spacial score (nSPS) is 10.4. The molecule has 2 aromatic carbocycles. The molecule has 0 bridgehead atoms. The Labute approximate surface area is 303 Å². The van der Waals surface area contributed by atoms with Gasteiger partial charge in [-0.05, 0) is 74.6 Å². The molecule has 5 N–H and O–H groups in total. The molecule has 0 aliphatic heterocycles. The van der Waals surface area contributed by atoms with Gasteiger partial charge in [-0.15, -0.1) is 34.3 Å². The number of amides is 2. The number of hydrogen-bond acceptors (Lipinski definition) is 13. The van der Waals surface area contributed by atoms with Gasteiger partial charge in [0, 0.05) is 34.9 Å². The molecule has 12 nitrogen and oxygen atoms in total. The summed E-state index contributed by atoms with van der Waals surface area (Å²) < 4.78 is 13.5. The fraction of sp³-hybridized carbons (Fsp3) is 0.188. The molecule has 256 valence electrons. The van der Waals surface area contributed by atoms with Crippen LogP contribution in [0.2, 0.25) is 0 Å². The number of methoxy groups -OCH3 is 2. The van der Waals surface area contributed by atoms with Gasteiger partial charge in [0.05, 0.1) is 29.4 Å². The summed E-state index contributed by atoms with van der Waals surface area (Å²) in [4.78, 5) is 39.0. The zero-order valence-corrected chi connectivity index (χ0v) is 30.6. The summed E-state index contributed by atoms with van der Waals surface area (Å²) in [6.07, 6.45) is 0. The number of aromatic nitrogens is 4. The molecule has 0 aliphatic rings. The van der Waals surface area contributed by atoms with Gasteiger partial charge in [-0.1, -0.05) is 11.8 Å². The highest BCUT2D eigenvalue weighted by molar-refractivity contribution is 8.01. The number of anilines is 2. The summed E-state index contributed by atoms with van der Waals surface area (Å²) in [7, 11) is 2.92. The summed E-state index contributed by atoms with van der Waals surface area (Å²) in [5.74, 6) is 0.284. The number of ether oxygens (including phenoxy) is 2. The maximum Gasteiger partial charge on any atom is 0.239 e. The molecule has 0 aliphatic carbocycles. The summed E-state index contributed by atoms with van der Waals surface area (Å²) in [5.41, 5.74) is 4.54. The third kappa shape index (κ3) is 11.0. The van der Waals surface area contributed by atoms with Gasteiger partial charge in [-0.3, -0.25) is 9.59 Å². The van der Waals surface area contributed by atoms with Crippen molar-refractivity contribution in [3.63, 3.8) is 0 Å². The molecular formula is C32H31ClN6O6S4. The van der Waals surface area contributed by atoms with Crippen molar-refractivity contribution in [1.82, 2.24) is 19.9 Å². The van der Waals surface area contributed by atoms with Crippen molar-refractivity contribution in [2.45, 2.75) is 18.2 Å². The molecule has 4 heterocycles. The first kappa shape index (κ1) is 37.3. The molecule has 0 spiro atoms. The number of pyridine rings is 2. The first-order valence-electron chi connectivity index (χ1n) is 14.2. The third-order valence-electron chi connectivity index (χ3n) is 6.17. The predicted molar refractivity (Wildman–Crippen MR) is 200 cm³/mol. The average molecular weight is 759 g/mol. The largest absolute Gasteiger partial charge is 0.504 e. The third-order valence-corrected chi connectivity index (χ3v) is 9.75. The molecule has 17 heteroatoms. The van der Waals surface area contributed by atoms with E-state index < -0.39 is 0 Å². The van der Waals surface area contributed by atoms with Crippen molar-refractivity contribution in [2.75, 3.05) is 36.5 Å². The number of phenolic OH excluding ortho intramolecular Hbond substituents is 2. The summed E-state index contributed by atoms with van der Waals surface area (Å²) in [5, 5.41) is 24.3. The van der Waals surface area contributed by atoms with Crippen LogP contribution in [0, 0.1) is 17.8 Å². The maximum atomic E-state index is 12.0. The Kier molecular flexibility index (Phi) is 13.6. The monoisotopic (exact) mass is 758 g/mol. The van der Waals surface area contributed by atoms with Crippen molar-refractivity contribution in [3.05, 3.63) is 76.0 Å². The smallest absolute Gasteiger partial charge is 0.239 e. The van der Waals surface area contributed by atoms with Crippen LogP contribution in [0.5, 0.6) is 23.0 Å². The van der Waals surface area contributed by atoms with E-state index in [-0.39, 0.29) is 34.9 Å². The van der Waals surface area contributed by atoms with Crippen LogP contribution in [0.3, 0.4) is 0 Å². The lowest BCUT2D eigenvalue weighted by Gasteiger charge is -2.07. The average Bonchev–Trinajstić information content (AvgIpc) is 3.65. The number of aromatic hydroxyl groups is 2. The van der Waals surface area contributed by atoms with E-state index in [2.05, 4.69) is 30.6 Å². The number of hydrogen-bond donors (Lipinski definition) is 5. The van der Waals surface area contributed by atoms with Gasteiger partial charge in [-0.2, -0.15) is 0 Å². The number of H-pyrrole nitrogens is 1. The van der Waals surface area contributed by atoms with Crippen LogP contribution in [0.25, 0.3) is 20.7 Å². The number of nitrogens with zero attached hydrogens (tertiary/aromatic N) is 3. The number of thioether (sulfide) groups is 1. The predicted octanol–water partition coefficient (Wildman–Crippen LogP) is 7.69. The number of rotatable bonds is 8. The van der Waals surface area contributed by atoms with Gasteiger partial charge >= 0.3 is 0 Å². The Balaban J connectivity index is 0.000000183. The molecule has 0 radical (unpaired) electrons. The molecular weight excluding hydrogens is 728 g/mol. The van der Waals surface area contributed by atoms with Crippen LogP contribution in [0.1, 0.15) is 11.4 Å². The number of fused-ring (bicyclic) bond motifs is 2. The molecule has 0 saturated carbocycles. The van der Waals surface area contributed by atoms with Crippen LogP contribution in [-0.2, 0) is 9.59 Å². The molecule has 0 atom stereocenters. The number of benzene rings is 2. The highest BCUT2D eigenvalue weighted by Crippen LogP contribution is 2.31. The molecule has 2 amide bonds. The minimum Gasteiger partial charge on any atom is -0.504 e. The van der Waals surface area contributed by atoms with E-state index in [4.69, 9.17) is 33.3 Å². The summed E-state index contributed by atoms with van der Waals surface area (Å²) >= 11 is 14.7. The number of carbonyl (C=O) groups is 2. The fourth-order valence-electron chi connectivity index (χ4n) is 3.95. The van der Waals surface area contributed by atoms with Crippen molar-refractivity contribution < 1.29 is 29.3 Å². The molecule has 4 aromatic heterocycles. The lowest BCUT2D eigenvalue weighted by atomic mass is 10.3. The number of thiazole rings is 2. The van der Waals surface area contributed by atoms with Crippen LogP contribution in [-0.4, -0.2) is 67.8 Å². The van der Waals surface area contributed by atoms with Gasteiger partial charge < -0.3 is 35.3 Å². The van der Waals surface area contributed by atoms with Crippen LogP contribution in [0.15, 0.2) is 65.0 Å². The van der Waals surface area contributed by atoms with Gasteiger partial charge in [0.1, 0.15) is 11.5 Å². The first-order valence-corrected chi connectivity index (χ1v) is 17.8. The van der Waals surface area contributed by atoms with Crippen molar-refractivity contribution >= 4 is 102 Å². The number of aryl methyl sites for hydroxylation is 2. The number of alkyl halides is 1. The van der Waals surface area contributed by atoms with Crippen LogP contribution >= 0.6 is 58.3 Å². The molecule has 0 saturated heterocycles. The topological polar surface area (TPSA) is 172 Å². The van der Waals surface area contributed by atoms with E-state index >= 15 is 0 Å². The lowest BCUT2D eigenvalue weighted by Crippen LogP contribution is -2.13. The van der Waals surface area contributed by atoms with E-state index in [1.807, 2.05) is 38.1 Å². The van der Waals surface area contributed by atoms with Crippen LogP contribution < -0.4 is 20.1 Å². The molecule has 6 aromatic rings. The zero-order chi connectivity index (χ0) is 35.5. The number of nitrogens with one attached hydrogen (secondary N) is 3. The molecule has 49 heavy (non-hydrogen) atoms. The quantitative estimate of drug-likeness (QED) is 0.0586. The molecule has 0 unspecified atom stereocenters. The van der Waals surface area contributed by atoms with Crippen molar-refractivity contribution in [1.29, 1.82) is 0 Å². The lowest BCUT2D eigenvalue weighted by molar-refractivity contribution is -0.114. The Bertz CT molecular complexity index is 2140. The second-order valence-corrected chi connectivity index (χ2v) is 14.1. The SMILES string of the molecule is COc1ccc(NC(=O)CCl)cc1O.COc1ccc(NC(=O)CSc2nc3nc(C)ccc3s2)cc1O.Cc1ccc2sc(=S)[nH]c2n1. The Morgan fingerprint density at radius 1 is 0.837 bits per heavy atom. The number of carbonyl (C=O) groups excluding carboxylic acids is 2. The van der Waals surface area contributed by atoms with Crippen LogP contribution in [0.4, 0.5) is 11.4 Å². The molecule has 0 fully saturated rings. The number of aromatic amines is 1. The number of phenols is 2. The van der Waals surface area contributed by atoms with Gasteiger partial charge in [-0.25, -0.2) is 15.0 Å². The minimum atomic E-state index is -0.323. The second kappa shape index (κ2) is 17.8. The standard InChI is InChI=1S/C16H15N3O3S2.C9H10ClNO3.C7H6N2S2/c1-9-3-6-13-15(17-9)19-16(24-13)23-8-14(21)18-10-4-5-12(22-2)11(20)7-10;1-14-8-3-2-6(4-7(8)12)11-9(13)5-10;1-4-2-3-5-6(8-4)9-7(10)11-5/h3-7,20H,8H2,1-2H3,(H,18,21);2-4,12H,5H2,1H3,(H,11,13);2-3H,1H3,(H,8,9,10). The fourth-order valence-corrected chi connectivity index (χ4v) is 6.86. The minimum absolute atomic E-state index is 0.0180. The van der Waals surface area contributed by atoms with E-state index in [0.29, 0.717) is 28.5 Å². The summed E-state index contributed by atoms with van der Waals surface area (Å²) in [6, 6.07) is 17.2. The number of halogens is 1. The maximum absolute atomic E-state index is 12.0. The summed E-state index contributed by atoms with van der Waals surface area (Å²) in [6.45, 7) is 3.89.